The van der Waals surface area contributed by atoms with E-state index in [4.69, 9.17) is 9.47 Å². The third-order valence-electron chi connectivity index (χ3n) is 4.11. The smallest absolute Gasteiger partial charge is 0.336 e. The molecule has 2 aromatic rings. The zero-order valence-electron chi connectivity index (χ0n) is 14.4. The van der Waals surface area contributed by atoms with Gasteiger partial charge in [-0.3, -0.25) is 0 Å². The van der Waals surface area contributed by atoms with Crippen LogP contribution in [0.1, 0.15) is 24.1 Å². The van der Waals surface area contributed by atoms with Crippen molar-refractivity contribution < 1.29 is 14.3 Å². The van der Waals surface area contributed by atoms with Crippen molar-refractivity contribution in [3.63, 3.8) is 0 Å². The minimum Gasteiger partial charge on any atom is -0.467 e. The Morgan fingerprint density at radius 2 is 1.58 bits per heavy atom. The maximum absolute atomic E-state index is 12.1. The largest absolute Gasteiger partial charge is 0.467 e. The number of carbonyl (C=O) groups is 1. The molecule has 24 heavy (non-hydrogen) atoms. The second-order valence-electron chi connectivity index (χ2n) is 5.77. The van der Waals surface area contributed by atoms with Gasteiger partial charge in [0.1, 0.15) is 0 Å². The van der Waals surface area contributed by atoms with Gasteiger partial charge in [-0.15, -0.1) is 0 Å². The van der Waals surface area contributed by atoms with E-state index >= 15 is 0 Å². The summed E-state index contributed by atoms with van der Waals surface area (Å²) in [5.41, 5.74) is 2.30. The van der Waals surface area contributed by atoms with Gasteiger partial charge in [0.15, 0.2) is 6.10 Å². The van der Waals surface area contributed by atoms with Crippen LogP contribution in [-0.2, 0) is 20.7 Å². The number of hydrogen-bond donors (Lipinski definition) is 1. The van der Waals surface area contributed by atoms with E-state index in [9.17, 15) is 4.79 Å². The first-order chi connectivity index (χ1) is 11.7. The highest BCUT2D eigenvalue weighted by atomic mass is 16.6. The van der Waals surface area contributed by atoms with E-state index in [0.717, 1.165) is 11.1 Å². The second-order valence-corrected chi connectivity index (χ2v) is 5.77. The molecule has 0 aliphatic heterocycles. The molecule has 0 bridgehead atoms. The van der Waals surface area contributed by atoms with Gasteiger partial charge >= 0.3 is 5.97 Å². The lowest BCUT2D eigenvalue weighted by molar-refractivity contribution is -0.154. The molecule has 3 atom stereocenters. The molecule has 2 aromatic carbocycles. The predicted molar refractivity (Wildman–Crippen MR) is 94.7 cm³/mol. The fourth-order valence-corrected chi connectivity index (χ4v) is 2.82. The fourth-order valence-electron chi connectivity index (χ4n) is 2.82. The van der Waals surface area contributed by atoms with Gasteiger partial charge in [-0.1, -0.05) is 60.7 Å². The van der Waals surface area contributed by atoms with Crippen LogP contribution in [0.3, 0.4) is 0 Å². The first-order valence-corrected chi connectivity index (χ1v) is 8.11. The van der Waals surface area contributed by atoms with Crippen LogP contribution in [0.25, 0.3) is 0 Å². The van der Waals surface area contributed by atoms with Crippen molar-refractivity contribution in [3.05, 3.63) is 71.8 Å². The highest BCUT2D eigenvalue weighted by molar-refractivity contribution is 5.75. The minimum atomic E-state index is -0.665. The molecule has 1 N–H and O–H groups in total. The van der Waals surface area contributed by atoms with Gasteiger partial charge in [0, 0.05) is 19.2 Å². The van der Waals surface area contributed by atoms with Crippen LogP contribution in [0.2, 0.25) is 0 Å². The van der Waals surface area contributed by atoms with Crippen molar-refractivity contribution in [2.45, 2.75) is 31.5 Å². The number of benzene rings is 2. The molecule has 0 aromatic heterocycles. The molecule has 0 saturated carbocycles. The molecule has 0 aliphatic rings. The number of nitrogens with one attached hydrogen (secondary N) is 1. The Labute approximate surface area is 143 Å². The number of rotatable bonds is 8. The molecule has 0 fully saturated rings. The normalized spacial score (nSPS) is 14.6. The van der Waals surface area contributed by atoms with Crippen molar-refractivity contribution in [3.8, 4) is 0 Å². The van der Waals surface area contributed by atoms with Crippen molar-refractivity contribution in [2.24, 2.45) is 0 Å². The van der Waals surface area contributed by atoms with Gasteiger partial charge in [-0.05, 0) is 24.5 Å². The lowest BCUT2D eigenvalue weighted by atomic mass is 9.98. The number of esters is 1. The Hall–Kier alpha value is -2.17. The van der Waals surface area contributed by atoms with E-state index in [1.165, 1.54) is 14.2 Å². The van der Waals surface area contributed by atoms with E-state index in [1.807, 2.05) is 48.5 Å². The topological polar surface area (TPSA) is 47.6 Å². The predicted octanol–water partition coefficient (Wildman–Crippen LogP) is 3.14. The van der Waals surface area contributed by atoms with Crippen molar-refractivity contribution in [1.82, 2.24) is 5.32 Å². The molecule has 2 rings (SSSR count). The molecule has 128 valence electrons. The quantitative estimate of drug-likeness (QED) is 0.757. The lowest BCUT2D eigenvalue weighted by Crippen LogP contribution is -2.48. The van der Waals surface area contributed by atoms with Crippen molar-refractivity contribution in [2.75, 3.05) is 14.2 Å². The summed E-state index contributed by atoms with van der Waals surface area (Å²) in [4.78, 5) is 12.1. The van der Waals surface area contributed by atoms with Crippen molar-refractivity contribution in [1.29, 1.82) is 0 Å². The molecular formula is C20H25NO3. The second kappa shape index (κ2) is 9.21. The van der Waals surface area contributed by atoms with E-state index in [-0.39, 0.29) is 18.1 Å². The Bertz CT molecular complexity index is 615. The van der Waals surface area contributed by atoms with Crippen LogP contribution < -0.4 is 5.32 Å². The van der Waals surface area contributed by atoms with Gasteiger partial charge in [0.25, 0.3) is 0 Å². The van der Waals surface area contributed by atoms with Crippen LogP contribution >= 0.6 is 0 Å². The summed E-state index contributed by atoms with van der Waals surface area (Å²) >= 11 is 0. The Morgan fingerprint density at radius 1 is 1.00 bits per heavy atom. The molecule has 0 aliphatic carbocycles. The number of ether oxygens (including phenoxy) is 2. The third kappa shape index (κ3) is 4.91. The first-order valence-electron chi connectivity index (χ1n) is 8.11. The fraction of sp³-hybridized carbons (Fsp3) is 0.350. The van der Waals surface area contributed by atoms with Crippen LogP contribution in [0.15, 0.2) is 60.7 Å². The number of methoxy groups -OCH3 is 2. The number of carbonyl (C=O) groups excluding carboxylic acids is 1. The monoisotopic (exact) mass is 327 g/mol. The summed E-state index contributed by atoms with van der Waals surface area (Å²) in [6, 6.07) is 20.1. The minimum absolute atomic E-state index is 0.0854. The van der Waals surface area contributed by atoms with Crippen molar-refractivity contribution >= 4 is 5.97 Å². The maximum atomic E-state index is 12.1. The van der Waals surface area contributed by atoms with Crippen LogP contribution in [0.5, 0.6) is 0 Å². The molecular weight excluding hydrogens is 302 g/mol. The molecule has 0 radical (unpaired) electrons. The van der Waals surface area contributed by atoms with Gasteiger partial charge < -0.3 is 14.8 Å². The highest BCUT2D eigenvalue weighted by Crippen LogP contribution is 2.17. The highest BCUT2D eigenvalue weighted by Gasteiger charge is 2.30. The van der Waals surface area contributed by atoms with Gasteiger partial charge in [-0.2, -0.15) is 0 Å². The number of hydrogen-bond acceptors (Lipinski definition) is 4. The van der Waals surface area contributed by atoms with E-state index in [1.54, 1.807) is 0 Å². The average Bonchev–Trinajstić information content (AvgIpc) is 2.63. The standard InChI is InChI=1S/C20H25NO3/c1-15(17-12-8-5-9-13-17)21-18(19(23-2)20(22)24-3)14-16-10-6-4-7-11-16/h4-13,15,18-19,21H,14H2,1-3H3/t15-,18-,19+/m1/s1. The molecule has 4 nitrogen and oxygen atoms in total. The summed E-state index contributed by atoms with van der Waals surface area (Å²) in [5, 5.41) is 3.52. The maximum Gasteiger partial charge on any atom is 0.336 e. The molecule has 0 heterocycles. The zero-order chi connectivity index (χ0) is 17.4. The third-order valence-corrected chi connectivity index (χ3v) is 4.11. The van der Waals surface area contributed by atoms with Gasteiger partial charge in [0.2, 0.25) is 0 Å². The van der Waals surface area contributed by atoms with E-state index in [0.29, 0.717) is 6.42 Å². The van der Waals surface area contributed by atoms with Gasteiger partial charge in [0.05, 0.1) is 7.11 Å². The van der Waals surface area contributed by atoms with Crippen LogP contribution in [0.4, 0.5) is 0 Å². The molecule has 0 saturated heterocycles. The Balaban J connectivity index is 2.19. The van der Waals surface area contributed by atoms with Crippen LogP contribution in [-0.4, -0.2) is 32.3 Å². The lowest BCUT2D eigenvalue weighted by Gasteiger charge is -2.28. The van der Waals surface area contributed by atoms with E-state index in [2.05, 4.69) is 24.4 Å². The summed E-state index contributed by atoms with van der Waals surface area (Å²) < 4.78 is 10.3. The molecule has 0 amide bonds. The zero-order valence-corrected chi connectivity index (χ0v) is 14.4. The molecule has 4 heteroatoms. The Morgan fingerprint density at radius 3 is 2.12 bits per heavy atom. The van der Waals surface area contributed by atoms with E-state index < -0.39 is 6.10 Å². The Kier molecular flexibility index (Phi) is 6.97. The first kappa shape index (κ1) is 18.2. The summed E-state index contributed by atoms with van der Waals surface area (Å²) in [6.45, 7) is 2.08. The summed E-state index contributed by atoms with van der Waals surface area (Å²) in [7, 11) is 2.92. The average molecular weight is 327 g/mol. The SMILES string of the molecule is COC(=O)[C@@H](OC)[C@@H](Cc1ccccc1)N[C@H](C)c1ccccc1. The molecule has 0 unspecified atom stereocenters. The summed E-state index contributed by atoms with van der Waals surface area (Å²) in [5.74, 6) is -0.369. The molecule has 0 spiro atoms. The van der Waals surface area contributed by atoms with Gasteiger partial charge in [-0.25, -0.2) is 4.79 Å². The summed E-state index contributed by atoms with van der Waals surface area (Å²) in [6.07, 6.45) is 0.00684. The van der Waals surface area contributed by atoms with Crippen LogP contribution in [0, 0.1) is 0 Å².